The summed E-state index contributed by atoms with van der Waals surface area (Å²) in [4.78, 5) is 0. The van der Waals surface area contributed by atoms with Crippen LogP contribution in [0.4, 0.5) is 0 Å². The van der Waals surface area contributed by atoms with Crippen LogP contribution in [-0.4, -0.2) is 0 Å². The number of unbranched alkanes of at least 4 members (excludes halogenated alkanes) is 2. The van der Waals surface area contributed by atoms with Crippen LogP contribution in [0, 0.1) is 17.2 Å². The fraction of sp³-hybridized carbons (Fsp3) is 0.353. The Hall–Kier alpha value is -1.81. The molecule has 0 aliphatic rings. The van der Waals surface area contributed by atoms with Crippen molar-refractivity contribution < 1.29 is 0 Å². The maximum absolute atomic E-state index is 9.20. The molecule has 1 nitrogen and oxygen atoms in total. The smallest absolute Gasteiger partial charge is 0.0994 e. The van der Waals surface area contributed by atoms with Gasteiger partial charge in [0, 0.05) is 0 Å². The number of hydrogen-bond acceptors (Lipinski definition) is 1. The van der Waals surface area contributed by atoms with Crippen LogP contribution in [0.25, 0.3) is 5.57 Å². The lowest BCUT2D eigenvalue weighted by Gasteiger charge is -2.02. The fourth-order valence-electron chi connectivity index (χ4n) is 1.77. The molecule has 1 aromatic carbocycles. The molecule has 0 amide bonds. The second-order valence-electron chi connectivity index (χ2n) is 4.49. The number of hydrogen-bond donors (Lipinski definition) is 0. The second kappa shape index (κ2) is 8.31. The molecule has 0 aliphatic carbocycles. The van der Waals surface area contributed by atoms with E-state index in [0.717, 1.165) is 17.6 Å². The number of benzene rings is 1. The van der Waals surface area contributed by atoms with Gasteiger partial charge in [0.25, 0.3) is 0 Å². The molecule has 0 bridgehead atoms. The fourth-order valence-corrected chi connectivity index (χ4v) is 1.77. The molecule has 94 valence electrons. The number of nitriles is 1. The molecule has 1 unspecified atom stereocenters. The Morgan fingerprint density at radius 1 is 1.33 bits per heavy atom. The first-order valence-electron chi connectivity index (χ1n) is 6.62. The van der Waals surface area contributed by atoms with Gasteiger partial charge < -0.3 is 0 Å². The van der Waals surface area contributed by atoms with E-state index in [4.69, 9.17) is 0 Å². The van der Waals surface area contributed by atoms with Gasteiger partial charge in [-0.25, -0.2) is 0 Å². The van der Waals surface area contributed by atoms with Crippen LogP contribution in [0.2, 0.25) is 0 Å². The normalized spacial score (nSPS) is 13.5. The first-order valence-corrected chi connectivity index (χ1v) is 6.62. The van der Waals surface area contributed by atoms with Crippen molar-refractivity contribution in [3.8, 4) is 6.07 Å². The van der Waals surface area contributed by atoms with Crippen LogP contribution in [0.5, 0.6) is 0 Å². The molecule has 0 aromatic heterocycles. The van der Waals surface area contributed by atoms with Crippen molar-refractivity contribution in [3.63, 3.8) is 0 Å². The first-order chi connectivity index (χ1) is 8.77. The van der Waals surface area contributed by atoms with Gasteiger partial charge in [-0.3, -0.25) is 0 Å². The van der Waals surface area contributed by atoms with Crippen LogP contribution >= 0.6 is 0 Å². The molecule has 1 heteroatoms. The van der Waals surface area contributed by atoms with Crippen molar-refractivity contribution in [2.24, 2.45) is 5.92 Å². The van der Waals surface area contributed by atoms with Crippen molar-refractivity contribution in [1.82, 2.24) is 0 Å². The summed E-state index contributed by atoms with van der Waals surface area (Å²) < 4.78 is 0. The molecule has 0 saturated carbocycles. The Kier molecular flexibility index (Phi) is 6.58. The predicted octanol–water partition coefficient (Wildman–Crippen LogP) is 4.98. The van der Waals surface area contributed by atoms with E-state index < -0.39 is 0 Å². The third-order valence-electron chi connectivity index (χ3n) is 2.80. The molecule has 0 saturated heterocycles. The quantitative estimate of drug-likeness (QED) is 0.390. The lowest BCUT2D eigenvalue weighted by molar-refractivity contribution is 0.806. The highest BCUT2D eigenvalue weighted by molar-refractivity contribution is 5.76. The third kappa shape index (κ3) is 5.01. The zero-order valence-electron chi connectivity index (χ0n) is 11.3. The maximum atomic E-state index is 9.20. The molecule has 1 atom stereocenters. The molecule has 0 radical (unpaired) electrons. The number of rotatable bonds is 6. The van der Waals surface area contributed by atoms with Gasteiger partial charge in [0.2, 0.25) is 0 Å². The van der Waals surface area contributed by atoms with Crippen LogP contribution in [0.3, 0.4) is 0 Å². The summed E-state index contributed by atoms with van der Waals surface area (Å²) in [7, 11) is 0. The Bertz CT molecular complexity index is 434. The summed E-state index contributed by atoms with van der Waals surface area (Å²) in [6.07, 6.45) is 10.00. The lowest BCUT2D eigenvalue weighted by atomic mass is 10.0. The largest absolute Gasteiger partial charge is 0.192 e. The molecule has 18 heavy (non-hydrogen) atoms. The first kappa shape index (κ1) is 14.3. The minimum Gasteiger partial charge on any atom is -0.192 e. The Morgan fingerprint density at radius 2 is 2.06 bits per heavy atom. The molecule has 1 rings (SSSR count). The SMILES string of the molecule is CCCC/C=C/C(C)/C=C(\C#N)c1ccccc1. The number of nitrogens with zero attached hydrogens (tertiary/aromatic N) is 1. The standard InChI is InChI=1S/C17H21N/c1-3-4-5-7-10-15(2)13-17(14-18)16-11-8-6-9-12-16/h6-13,15H,3-5H2,1-2H3/b10-7+,17-13+. The summed E-state index contributed by atoms with van der Waals surface area (Å²) in [5, 5.41) is 9.20. The minimum atomic E-state index is 0.303. The Labute approximate surface area is 110 Å². The Balaban J connectivity index is 2.68. The minimum absolute atomic E-state index is 0.303. The van der Waals surface area contributed by atoms with E-state index in [1.807, 2.05) is 36.4 Å². The van der Waals surface area contributed by atoms with Crippen LogP contribution < -0.4 is 0 Å². The molecule has 0 N–H and O–H groups in total. The van der Waals surface area contributed by atoms with E-state index in [1.54, 1.807) is 0 Å². The van der Waals surface area contributed by atoms with Crippen molar-refractivity contribution in [1.29, 1.82) is 5.26 Å². The third-order valence-corrected chi connectivity index (χ3v) is 2.80. The van der Waals surface area contributed by atoms with Gasteiger partial charge >= 0.3 is 0 Å². The van der Waals surface area contributed by atoms with Gasteiger partial charge in [-0.1, -0.05) is 75.2 Å². The molecular weight excluding hydrogens is 218 g/mol. The van der Waals surface area contributed by atoms with Crippen molar-refractivity contribution in [2.75, 3.05) is 0 Å². The average molecular weight is 239 g/mol. The highest BCUT2D eigenvalue weighted by Gasteiger charge is 2.01. The van der Waals surface area contributed by atoms with Crippen LogP contribution in [-0.2, 0) is 0 Å². The van der Waals surface area contributed by atoms with E-state index in [2.05, 4.69) is 32.1 Å². The highest BCUT2D eigenvalue weighted by Crippen LogP contribution is 2.16. The van der Waals surface area contributed by atoms with E-state index >= 15 is 0 Å². The van der Waals surface area contributed by atoms with Crippen molar-refractivity contribution in [2.45, 2.75) is 33.1 Å². The topological polar surface area (TPSA) is 23.8 Å². The summed E-state index contributed by atoms with van der Waals surface area (Å²) in [6.45, 7) is 4.31. The summed E-state index contributed by atoms with van der Waals surface area (Å²) in [6, 6.07) is 12.1. The van der Waals surface area contributed by atoms with E-state index in [9.17, 15) is 5.26 Å². The molecule has 0 aliphatic heterocycles. The highest BCUT2D eigenvalue weighted by atomic mass is 14.2. The van der Waals surface area contributed by atoms with Crippen LogP contribution in [0.1, 0.15) is 38.7 Å². The second-order valence-corrected chi connectivity index (χ2v) is 4.49. The predicted molar refractivity (Wildman–Crippen MR) is 77.9 cm³/mol. The summed E-state index contributed by atoms with van der Waals surface area (Å²) in [5.74, 6) is 0.303. The van der Waals surface area contributed by atoms with Gasteiger partial charge in [0.05, 0.1) is 11.6 Å². The zero-order valence-corrected chi connectivity index (χ0v) is 11.3. The van der Waals surface area contributed by atoms with Crippen molar-refractivity contribution in [3.05, 3.63) is 54.1 Å². The molecule has 0 heterocycles. The van der Waals surface area contributed by atoms with Crippen molar-refractivity contribution >= 4 is 5.57 Å². The molecule has 0 fully saturated rings. The molecule has 0 spiro atoms. The zero-order chi connectivity index (χ0) is 13.2. The van der Waals surface area contributed by atoms with E-state index in [0.29, 0.717) is 5.92 Å². The number of allylic oxidation sites excluding steroid dienone is 4. The summed E-state index contributed by atoms with van der Waals surface area (Å²) in [5.41, 5.74) is 1.75. The van der Waals surface area contributed by atoms with Gasteiger partial charge in [-0.2, -0.15) is 5.26 Å². The van der Waals surface area contributed by atoms with Gasteiger partial charge in [-0.05, 0) is 17.9 Å². The lowest BCUT2D eigenvalue weighted by Crippen LogP contribution is -1.87. The average Bonchev–Trinajstić information content (AvgIpc) is 2.42. The Morgan fingerprint density at radius 3 is 2.67 bits per heavy atom. The van der Waals surface area contributed by atoms with E-state index in [-0.39, 0.29) is 0 Å². The van der Waals surface area contributed by atoms with E-state index in [1.165, 1.54) is 12.8 Å². The monoisotopic (exact) mass is 239 g/mol. The summed E-state index contributed by atoms with van der Waals surface area (Å²) >= 11 is 0. The van der Waals surface area contributed by atoms with Crippen LogP contribution in [0.15, 0.2) is 48.6 Å². The van der Waals surface area contributed by atoms with Gasteiger partial charge in [0.1, 0.15) is 0 Å². The molecular formula is C17H21N. The maximum Gasteiger partial charge on any atom is 0.0994 e. The van der Waals surface area contributed by atoms with Gasteiger partial charge in [0.15, 0.2) is 0 Å². The molecule has 1 aromatic rings. The van der Waals surface area contributed by atoms with Gasteiger partial charge in [-0.15, -0.1) is 0 Å².